The lowest BCUT2D eigenvalue weighted by atomic mass is 10.0. The van der Waals surface area contributed by atoms with Crippen LogP contribution >= 0.6 is 0 Å². The zero-order chi connectivity index (χ0) is 17.4. The van der Waals surface area contributed by atoms with Gasteiger partial charge in [0, 0.05) is 22.8 Å². The minimum atomic E-state index is 0.0241. The molecule has 3 heterocycles. The molecular weight excluding hydrogens is 310 g/mol. The van der Waals surface area contributed by atoms with Gasteiger partial charge in [0.1, 0.15) is 5.69 Å². The summed E-state index contributed by atoms with van der Waals surface area (Å²) >= 11 is 0. The van der Waals surface area contributed by atoms with Crippen LogP contribution in [0.15, 0.2) is 54.9 Å². The van der Waals surface area contributed by atoms with E-state index in [-0.39, 0.29) is 6.04 Å². The Labute approximate surface area is 146 Å². The van der Waals surface area contributed by atoms with Crippen LogP contribution in [-0.4, -0.2) is 25.0 Å². The maximum absolute atomic E-state index is 4.59. The van der Waals surface area contributed by atoms with Crippen molar-refractivity contribution in [1.82, 2.24) is 25.0 Å². The Morgan fingerprint density at radius 2 is 1.88 bits per heavy atom. The van der Waals surface area contributed by atoms with Crippen molar-refractivity contribution in [3.05, 3.63) is 71.8 Å². The van der Waals surface area contributed by atoms with Gasteiger partial charge in [0.15, 0.2) is 0 Å². The van der Waals surface area contributed by atoms with Crippen molar-refractivity contribution in [2.75, 3.05) is 0 Å². The van der Waals surface area contributed by atoms with Gasteiger partial charge < -0.3 is 0 Å². The van der Waals surface area contributed by atoms with Crippen LogP contribution in [-0.2, 0) is 0 Å². The summed E-state index contributed by atoms with van der Waals surface area (Å²) in [7, 11) is 0. The van der Waals surface area contributed by atoms with E-state index in [1.807, 2.05) is 48.3 Å². The summed E-state index contributed by atoms with van der Waals surface area (Å²) in [6, 6.07) is 14.3. The van der Waals surface area contributed by atoms with Crippen molar-refractivity contribution in [1.29, 1.82) is 0 Å². The highest BCUT2D eigenvalue weighted by molar-refractivity contribution is 5.95. The predicted molar refractivity (Wildman–Crippen MR) is 98.3 cm³/mol. The number of hydrogen-bond acceptors (Lipinski definition) is 4. The summed E-state index contributed by atoms with van der Waals surface area (Å²) in [5.74, 6) is 0. The largest absolute Gasteiger partial charge is 0.256 e. The molecule has 0 aliphatic rings. The van der Waals surface area contributed by atoms with Crippen LogP contribution in [0.1, 0.15) is 29.9 Å². The smallest absolute Gasteiger partial charge is 0.113 e. The topological polar surface area (TPSA) is 56.5 Å². The molecule has 0 amide bonds. The lowest BCUT2D eigenvalue weighted by molar-refractivity contribution is 0.531. The second kappa shape index (κ2) is 6.09. The summed E-state index contributed by atoms with van der Waals surface area (Å²) in [6.07, 6.45) is 3.80. The fourth-order valence-corrected chi connectivity index (χ4v) is 3.06. The van der Waals surface area contributed by atoms with E-state index in [1.165, 1.54) is 0 Å². The maximum atomic E-state index is 4.59. The van der Waals surface area contributed by atoms with Crippen LogP contribution in [0.25, 0.3) is 22.2 Å². The van der Waals surface area contributed by atoms with Gasteiger partial charge in [0.2, 0.25) is 0 Å². The molecule has 4 aromatic rings. The standard InChI is InChI=1S/C20H19N5/c1-13-9-10-16(17-7-5-11-21-20(13)17)19-12-25(24-23-19)15(3)18-8-4-6-14(2)22-18/h4-12,15H,1-3H3. The lowest BCUT2D eigenvalue weighted by Gasteiger charge is -2.11. The van der Waals surface area contributed by atoms with Gasteiger partial charge in [0.05, 0.1) is 23.4 Å². The Morgan fingerprint density at radius 3 is 2.72 bits per heavy atom. The monoisotopic (exact) mass is 329 g/mol. The van der Waals surface area contributed by atoms with Crippen molar-refractivity contribution >= 4 is 10.9 Å². The Bertz CT molecular complexity index is 1050. The molecule has 0 saturated heterocycles. The molecule has 0 spiro atoms. The average Bonchev–Trinajstić information content (AvgIpc) is 3.11. The van der Waals surface area contributed by atoms with E-state index < -0.39 is 0 Å². The molecule has 4 rings (SSSR count). The summed E-state index contributed by atoms with van der Waals surface area (Å²) in [5, 5.41) is 9.82. The zero-order valence-electron chi connectivity index (χ0n) is 14.5. The zero-order valence-corrected chi connectivity index (χ0v) is 14.5. The molecule has 0 saturated carbocycles. The Kier molecular flexibility index (Phi) is 3.76. The fraction of sp³-hybridized carbons (Fsp3) is 0.200. The number of aryl methyl sites for hydroxylation is 2. The quantitative estimate of drug-likeness (QED) is 0.567. The van der Waals surface area contributed by atoms with Crippen LogP contribution in [0, 0.1) is 13.8 Å². The normalized spacial score (nSPS) is 12.4. The van der Waals surface area contributed by atoms with Crippen LogP contribution in [0.5, 0.6) is 0 Å². The second-order valence-electron chi connectivity index (χ2n) is 6.29. The van der Waals surface area contributed by atoms with Gasteiger partial charge in [-0.05, 0) is 44.5 Å². The molecular formula is C20H19N5. The third kappa shape index (κ3) is 2.78. The molecule has 0 aliphatic heterocycles. The van der Waals surface area contributed by atoms with Crippen molar-refractivity contribution in [3.63, 3.8) is 0 Å². The van der Waals surface area contributed by atoms with E-state index in [0.29, 0.717) is 0 Å². The summed E-state index contributed by atoms with van der Waals surface area (Å²) in [6.45, 7) is 6.14. The van der Waals surface area contributed by atoms with E-state index in [1.54, 1.807) is 0 Å². The molecule has 0 N–H and O–H groups in total. The highest BCUT2D eigenvalue weighted by Crippen LogP contribution is 2.28. The van der Waals surface area contributed by atoms with Crippen LogP contribution in [0.2, 0.25) is 0 Å². The molecule has 5 heteroatoms. The van der Waals surface area contributed by atoms with Crippen molar-refractivity contribution in [2.45, 2.75) is 26.8 Å². The molecule has 25 heavy (non-hydrogen) atoms. The molecule has 124 valence electrons. The maximum Gasteiger partial charge on any atom is 0.113 e. The summed E-state index contributed by atoms with van der Waals surface area (Å²) < 4.78 is 1.86. The first-order valence-corrected chi connectivity index (χ1v) is 8.33. The van der Waals surface area contributed by atoms with Gasteiger partial charge in [-0.25, -0.2) is 4.68 Å². The molecule has 1 atom stereocenters. The fourth-order valence-electron chi connectivity index (χ4n) is 3.06. The molecule has 0 radical (unpaired) electrons. The van der Waals surface area contributed by atoms with Crippen LogP contribution in [0.3, 0.4) is 0 Å². The minimum absolute atomic E-state index is 0.0241. The Hall–Kier alpha value is -3.08. The van der Waals surface area contributed by atoms with Gasteiger partial charge in [-0.2, -0.15) is 0 Å². The number of hydrogen-bond donors (Lipinski definition) is 0. The van der Waals surface area contributed by atoms with Gasteiger partial charge >= 0.3 is 0 Å². The van der Waals surface area contributed by atoms with Gasteiger partial charge in [-0.3, -0.25) is 9.97 Å². The van der Waals surface area contributed by atoms with E-state index in [0.717, 1.165) is 39.1 Å². The number of nitrogens with zero attached hydrogens (tertiary/aromatic N) is 5. The van der Waals surface area contributed by atoms with E-state index in [4.69, 9.17) is 0 Å². The molecule has 0 fully saturated rings. The summed E-state index contributed by atoms with van der Waals surface area (Å²) in [5.41, 5.74) is 6.03. The van der Waals surface area contributed by atoms with Crippen molar-refractivity contribution in [3.8, 4) is 11.3 Å². The molecule has 1 aromatic carbocycles. The van der Waals surface area contributed by atoms with Crippen LogP contribution in [0.4, 0.5) is 0 Å². The van der Waals surface area contributed by atoms with Gasteiger partial charge in [0.25, 0.3) is 0 Å². The number of pyridine rings is 2. The molecule has 1 unspecified atom stereocenters. The minimum Gasteiger partial charge on any atom is -0.256 e. The highest BCUT2D eigenvalue weighted by atomic mass is 15.4. The number of benzene rings is 1. The summed E-state index contributed by atoms with van der Waals surface area (Å²) in [4.78, 5) is 9.10. The number of aromatic nitrogens is 5. The molecule has 0 aliphatic carbocycles. The Morgan fingerprint density at radius 1 is 1.00 bits per heavy atom. The molecule has 3 aromatic heterocycles. The van der Waals surface area contributed by atoms with E-state index in [2.05, 4.69) is 52.3 Å². The lowest BCUT2D eigenvalue weighted by Crippen LogP contribution is -2.09. The average molecular weight is 329 g/mol. The van der Waals surface area contributed by atoms with Gasteiger partial charge in [-0.15, -0.1) is 5.10 Å². The first-order chi connectivity index (χ1) is 12.1. The van der Waals surface area contributed by atoms with Crippen LogP contribution < -0.4 is 0 Å². The SMILES string of the molecule is Cc1cccc(C(C)n2cc(-c3ccc(C)c4ncccc34)nn2)n1. The number of rotatable bonds is 3. The van der Waals surface area contributed by atoms with Crippen molar-refractivity contribution in [2.24, 2.45) is 0 Å². The molecule has 0 bridgehead atoms. The first kappa shape index (κ1) is 15.4. The Balaban J connectivity index is 1.76. The first-order valence-electron chi connectivity index (χ1n) is 8.33. The van der Waals surface area contributed by atoms with E-state index >= 15 is 0 Å². The highest BCUT2D eigenvalue weighted by Gasteiger charge is 2.14. The third-order valence-electron chi connectivity index (χ3n) is 4.49. The van der Waals surface area contributed by atoms with E-state index in [9.17, 15) is 0 Å². The third-order valence-corrected chi connectivity index (χ3v) is 4.49. The predicted octanol–water partition coefficient (Wildman–Crippen LogP) is 4.11. The molecule has 5 nitrogen and oxygen atoms in total. The number of fused-ring (bicyclic) bond motifs is 1. The van der Waals surface area contributed by atoms with Crippen molar-refractivity contribution < 1.29 is 0 Å². The van der Waals surface area contributed by atoms with Gasteiger partial charge in [-0.1, -0.05) is 29.5 Å². The second-order valence-corrected chi connectivity index (χ2v) is 6.29.